The van der Waals surface area contributed by atoms with Gasteiger partial charge in [-0.25, -0.2) is 4.39 Å². The number of hydrogen-bond donors (Lipinski definition) is 3. The number of benzene rings is 3. The van der Waals surface area contributed by atoms with E-state index in [0.29, 0.717) is 30.3 Å². The van der Waals surface area contributed by atoms with Gasteiger partial charge in [-0.2, -0.15) is 5.10 Å². The number of carbonyl (C=O) groups excluding carboxylic acids is 2. The highest BCUT2D eigenvalue weighted by atomic mass is 19.1. The number of carbonyl (C=O) groups is 2. The summed E-state index contributed by atoms with van der Waals surface area (Å²) >= 11 is 0. The van der Waals surface area contributed by atoms with Crippen molar-refractivity contribution in [3.63, 3.8) is 0 Å². The van der Waals surface area contributed by atoms with Crippen molar-refractivity contribution in [3.8, 4) is 0 Å². The van der Waals surface area contributed by atoms with Gasteiger partial charge in [-0.1, -0.05) is 48.0 Å². The summed E-state index contributed by atoms with van der Waals surface area (Å²) in [5, 5.41) is 13.1. The summed E-state index contributed by atoms with van der Waals surface area (Å²) in [7, 11) is 1.77. The number of hydrogen-bond acceptors (Lipinski definition) is 4. The van der Waals surface area contributed by atoms with Crippen molar-refractivity contribution in [1.82, 2.24) is 15.5 Å². The van der Waals surface area contributed by atoms with E-state index in [1.807, 2.05) is 56.3 Å². The highest BCUT2D eigenvalue weighted by Gasteiger charge is 2.22. The number of nitrogens with one attached hydrogen (secondary N) is 3. The van der Waals surface area contributed by atoms with Crippen LogP contribution in [0.1, 0.15) is 45.0 Å². The van der Waals surface area contributed by atoms with Crippen LogP contribution in [0.5, 0.6) is 0 Å². The van der Waals surface area contributed by atoms with Gasteiger partial charge in [0.05, 0.1) is 23.3 Å². The Balaban J connectivity index is 1.43. The van der Waals surface area contributed by atoms with Crippen LogP contribution >= 0.6 is 0 Å². The number of fused-ring (bicyclic) bond motifs is 1. The Hall–Kier alpha value is -3.84. The number of likely N-dealkylation sites (N-methyl/N-ethyl adjacent to an activating group) is 1. The second-order valence-electron chi connectivity index (χ2n) is 8.87. The van der Waals surface area contributed by atoms with Crippen LogP contribution in [0.2, 0.25) is 0 Å². The van der Waals surface area contributed by atoms with Crippen molar-refractivity contribution in [2.24, 2.45) is 0 Å². The lowest BCUT2D eigenvalue weighted by Crippen LogP contribution is -2.29. The molecule has 4 aromatic rings. The summed E-state index contributed by atoms with van der Waals surface area (Å²) in [6.07, 6.45) is 2.61. The Kier molecular flexibility index (Phi) is 7.36. The Labute approximate surface area is 203 Å². The second kappa shape index (κ2) is 10.6. The number of anilines is 1. The van der Waals surface area contributed by atoms with Gasteiger partial charge in [0, 0.05) is 30.0 Å². The van der Waals surface area contributed by atoms with Gasteiger partial charge in [0.1, 0.15) is 5.82 Å². The monoisotopic (exact) mass is 472 g/mol. The molecule has 0 fully saturated rings. The van der Waals surface area contributed by atoms with E-state index in [9.17, 15) is 14.0 Å². The van der Waals surface area contributed by atoms with Crippen molar-refractivity contribution in [1.29, 1.82) is 0 Å². The van der Waals surface area contributed by atoms with E-state index in [0.717, 1.165) is 27.8 Å². The molecular formula is C28H29FN4O2. The first-order valence-corrected chi connectivity index (χ1v) is 11.6. The van der Waals surface area contributed by atoms with E-state index in [2.05, 4.69) is 20.8 Å². The van der Waals surface area contributed by atoms with Crippen LogP contribution in [0.3, 0.4) is 0 Å². The van der Waals surface area contributed by atoms with Gasteiger partial charge >= 0.3 is 0 Å². The summed E-state index contributed by atoms with van der Waals surface area (Å²) in [6, 6.07) is 16.4. The molecule has 6 nitrogen and oxygen atoms in total. The third-order valence-corrected chi connectivity index (χ3v) is 6.22. The van der Waals surface area contributed by atoms with Gasteiger partial charge in [0.25, 0.3) is 0 Å². The van der Waals surface area contributed by atoms with Crippen LogP contribution in [0, 0.1) is 19.7 Å². The second-order valence-corrected chi connectivity index (χ2v) is 8.87. The number of nitrogens with zero attached hydrogens (tertiary/aromatic N) is 1. The van der Waals surface area contributed by atoms with E-state index in [-0.39, 0.29) is 17.4 Å². The zero-order valence-electron chi connectivity index (χ0n) is 20.1. The Morgan fingerprint density at radius 3 is 2.54 bits per heavy atom. The van der Waals surface area contributed by atoms with Crippen LogP contribution in [-0.4, -0.2) is 35.5 Å². The van der Waals surface area contributed by atoms with Crippen molar-refractivity contribution < 1.29 is 14.0 Å². The number of Topliss-reactive ketones (excluding diaryl/α,β-unsaturated/α-hetero) is 1. The molecule has 0 aliphatic heterocycles. The molecule has 7 heteroatoms. The predicted molar refractivity (Wildman–Crippen MR) is 136 cm³/mol. The maximum Gasteiger partial charge on any atom is 0.233 e. The number of amides is 1. The molecule has 3 aromatic carbocycles. The fourth-order valence-electron chi connectivity index (χ4n) is 4.28. The molecule has 3 N–H and O–H groups in total. The van der Waals surface area contributed by atoms with Gasteiger partial charge in [0.2, 0.25) is 5.91 Å². The number of rotatable bonds is 9. The lowest BCUT2D eigenvalue weighted by atomic mass is 9.94. The van der Waals surface area contributed by atoms with Gasteiger partial charge in [0.15, 0.2) is 5.78 Å². The topological polar surface area (TPSA) is 86.9 Å². The molecular weight excluding hydrogens is 443 g/mol. The van der Waals surface area contributed by atoms with Crippen LogP contribution in [-0.2, 0) is 11.2 Å². The van der Waals surface area contributed by atoms with Gasteiger partial charge in [-0.05, 0) is 50.1 Å². The molecule has 0 saturated heterocycles. The third kappa shape index (κ3) is 5.63. The minimum Gasteiger partial charge on any atom is -0.323 e. The van der Waals surface area contributed by atoms with E-state index in [1.54, 1.807) is 19.3 Å². The van der Waals surface area contributed by atoms with Gasteiger partial charge < -0.3 is 10.6 Å². The molecule has 0 saturated carbocycles. The highest BCUT2D eigenvalue weighted by molar-refractivity contribution is 5.98. The summed E-state index contributed by atoms with van der Waals surface area (Å²) in [5.41, 5.74) is 5.41. The van der Waals surface area contributed by atoms with Crippen LogP contribution in [0.4, 0.5) is 10.1 Å². The fourth-order valence-corrected chi connectivity index (χ4v) is 4.28. The highest BCUT2D eigenvalue weighted by Crippen LogP contribution is 2.24. The molecule has 1 amide bonds. The van der Waals surface area contributed by atoms with E-state index >= 15 is 0 Å². The zero-order valence-corrected chi connectivity index (χ0v) is 20.1. The van der Waals surface area contributed by atoms with Crippen molar-refractivity contribution in [2.75, 3.05) is 18.9 Å². The first-order chi connectivity index (χ1) is 16.9. The first-order valence-electron chi connectivity index (χ1n) is 11.6. The van der Waals surface area contributed by atoms with E-state index in [4.69, 9.17) is 0 Å². The Bertz CT molecular complexity index is 1360. The van der Waals surface area contributed by atoms with Crippen LogP contribution < -0.4 is 10.6 Å². The van der Waals surface area contributed by atoms with Gasteiger partial charge in [-0.3, -0.25) is 14.7 Å². The average Bonchev–Trinajstić information content (AvgIpc) is 3.28. The maximum absolute atomic E-state index is 14.5. The molecule has 180 valence electrons. The standard InChI is InChI=1S/C28H29FN4O2/c1-17-4-10-22(18(2)12-17)27(34)11-7-19-5-8-20(9-6-19)23(16-30-3)28(35)32-26-13-21-15-31-33-25(21)14-24(26)29/h4-6,8-10,12-15,23,30H,7,11,16H2,1-3H3,(H,31,33)(H,32,35). The zero-order chi connectivity index (χ0) is 24.9. The third-order valence-electron chi connectivity index (χ3n) is 6.22. The van der Waals surface area contributed by atoms with E-state index in [1.165, 1.54) is 6.07 Å². The van der Waals surface area contributed by atoms with Gasteiger partial charge in [-0.15, -0.1) is 0 Å². The molecule has 0 bridgehead atoms. The summed E-state index contributed by atoms with van der Waals surface area (Å²) in [5.74, 6) is -1.22. The number of aryl methyl sites for hydroxylation is 3. The smallest absolute Gasteiger partial charge is 0.233 e. The molecule has 4 rings (SSSR count). The average molecular weight is 473 g/mol. The largest absolute Gasteiger partial charge is 0.323 e. The number of aromatic nitrogens is 2. The van der Waals surface area contributed by atoms with Crippen LogP contribution in [0.15, 0.2) is 60.8 Å². The number of H-pyrrole nitrogens is 1. The number of aromatic amines is 1. The fraction of sp³-hybridized carbons (Fsp3) is 0.250. The molecule has 0 radical (unpaired) electrons. The molecule has 1 unspecified atom stereocenters. The SMILES string of the molecule is CNCC(C(=O)Nc1cc2cn[nH]c2cc1F)c1ccc(CCC(=O)c2ccc(C)cc2C)cc1. The van der Waals surface area contributed by atoms with Crippen molar-refractivity contribution in [2.45, 2.75) is 32.6 Å². The summed E-state index contributed by atoms with van der Waals surface area (Å²) < 4.78 is 14.5. The summed E-state index contributed by atoms with van der Waals surface area (Å²) in [6.45, 7) is 4.37. The lowest BCUT2D eigenvalue weighted by molar-refractivity contribution is -0.117. The van der Waals surface area contributed by atoms with Crippen LogP contribution in [0.25, 0.3) is 10.9 Å². The normalized spacial score (nSPS) is 12.0. The quantitative estimate of drug-likeness (QED) is 0.297. The van der Waals surface area contributed by atoms with Crippen molar-refractivity contribution in [3.05, 3.63) is 94.4 Å². The van der Waals surface area contributed by atoms with Crippen molar-refractivity contribution >= 4 is 28.3 Å². The predicted octanol–water partition coefficient (Wildman–Crippen LogP) is 5.08. The number of halogens is 1. The molecule has 35 heavy (non-hydrogen) atoms. The Morgan fingerprint density at radius 1 is 1.06 bits per heavy atom. The molecule has 0 aliphatic rings. The molecule has 1 atom stereocenters. The lowest BCUT2D eigenvalue weighted by Gasteiger charge is -2.18. The maximum atomic E-state index is 14.5. The number of ketones is 1. The summed E-state index contributed by atoms with van der Waals surface area (Å²) in [4.78, 5) is 25.7. The Morgan fingerprint density at radius 2 is 1.83 bits per heavy atom. The first kappa shape index (κ1) is 24.3. The molecule has 0 aliphatic carbocycles. The molecule has 1 heterocycles. The van der Waals surface area contributed by atoms with E-state index < -0.39 is 11.7 Å². The minimum absolute atomic E-state index is 0.117. The minimum atomic E-state index is -0.526. The molecule has 1 aromatic heterocycles. The molecule has 0 spiro atoms.